The lowest BCUT2D eigenvalue weighted by Crippen LogP contribution is -2.53. The van der Waals surface area contributed by atoms with Crippen molar-refractivity contribution in [1.29, 1.82) is 0 Å². The van der Waals surface area contributed by atoms with Gasteiger partial charge in [0.25, 0.3) is 10.0 Å². The first-order valence-electron chi connectivity index (χ1n) is 16.4. The van der Waals surface area contributed by atoms with Gasteiger partial charge in [-0.05, 0) is 66.9 Å². The Labute approximate surface area is 310 Å². The van der Waals surface area contributed by atoms with E-state index in [9.17, 15) is 18.0 Å². The third kappa shape index (κ3) is 10.1. The van der Waals surface area contributed by atoms with Crippen LogP contribution in [0.3, 0.4) is 0 Å². The number of methoxy groups -OCH3 is 2. The highest BCUT2D eigenvalue weighted by atomic mass is 35.5. The lowest BCUT2D eigenvalue weighted by atomic mass is 10.0. The summed E-state index contributed by atoms with van der Waals surface area (Å²) < 4.78 is 46.3. The molecule has 51 heavy (non-hydrogen) atoms. The van der Waals surface area contributed by atoms with Gasteiger partial charge in [0.15, 0.2) is 11.5 Å². The smallest absolute Gasteiger partial charge is 0.264 e. The maximum absolute atomic E-state index is 14.8. The topological polar surface area (TPSA) is 114 Å². The number of hydrogen-bond donors (Lipinski definition) is 1. The minimum atomic E-state index is -4.42. The average Bonchev–Trinajstić information content (AvgIpc) is 3.12. The third-order valence-electron chi connectivity index (χ3n) is 8.00. The van der Waals surface area contributed by atoms with Gasteiger partial charge in [0.1, 0.15) is 18.3 Å². The zero-order valence-corrected chi connectivity index (χ0v) is 31.6. The Kier molecular flexibility index (Phi) is 14.0. The Balaban J connectivity index is 1.86. The van der Waals surface area contributed by atoms with E-state index in [0.29, 0.717) is 40.3 Å². The number of rotatable bonds is 17. The number of carbonyl (C=O) groups is 2. The van der Waals surface area contributed by atoms with E-state index in [1.54, 1.807) is 42.5 Å². The molecule has 4 rings (SSSR count). The zero-order valence-electron chi connectivity index (χ0n) is 29.3. The van der Waals surface area contributed by atoms with Gasteiger partial charge in [-0.1, -0.05) is 73.4 Å². The van der Waals surface area contributed by atoms with E-state index in [1.165, 1.54) is 37.3 Å². The predicted molar refractivity (Wildman–Crippen MR) is 200 cm³/mol. The molecule has 0 saturated heterocycles. The van der Waals surface area contributed by atoms with Crippen molar-refractivity contribution in [2.24, 2.45) is 5.92 Å². The molecule has 0 aliphatic heterocycles. The molecule has 0 saturated carbocycles. The Morgan fingerprint density at radius 1 is 0.843 bits per heavy atom. The molecule has 0 aliphatic carbocycles. The first-order chi connectivity index (χ1) is 24.4. The second-order valence-electron chi connectivity index (χ2n) is 12.0. The lowest BCUT2D eigenvalue weighted by Gasteiger charge is -2.34. The molecule has 272 valence electrons. The Morgan fingerprint density at radius 3 is 2.08 bits per heavy atom. The number of amides is 2. The van der Waals surface area contributed by atoms with Crippen LogP contribution in [0.25, 0.3) is 0 Å². The van der Waals surface area contributed by atoms with Crippen LogP contribution in [0.5, 0.6) is 17.2 Å². The molecule has 4 aromatic rings. The fourth-order valence-corrected chi connectivity index (χ4v) is 7.29. The van der Waals surface area contributed by atoms with Gasteiger partial charge >= 0.3 is 0 Å². The molecule has 1 N–H and O–H groups in total. The Bertz CT molecular complexity index is 1870. The molecule has 0 aromatic heterocycles. The Hall–Kier alpha value is -4.45. The summed E-state index contributed by atoms with van der Waals surface area (Å²) in [6.07, 6.45) is 0.143. The molecular formula is C38H43Cl2N3O7S. The molecule has 0 spiro atoms. The van der Waals surface area contributed by atoms with Gasteiger partial charge < -0.3 is 24.4 Å². The summed E-state index contributed by atoms with van der Waals surface area (Å²) in [6, 6.07) is 23.7. The molecule has 4 aromatic carbocycles. The number of nitrogens with zero attached hydrogens (tertiary/aromatic N) is 2. The molecular weight excluding hydrogens is 713 g/mol. The SMILES string of the molecule is CCOc1ccc(N(CC(=O)N(Cc2c(Cl)cccc2Cl)[C@H](Cc2ccccc2)C(=O)NCC(C)C)S(=O)(=O)c2ccc(OC)c(OC)c2)cc1. The summed E-state index contributed by atoms with van der Waals surface area (Å²) in [5.74, 6) is 0.116. The highest BCUT2D eigenvalue weighted by molar-refractivity contribution is 7.92. The molecule has 0 fully saturated rings. The van der Waals surface area contributed by atoms with Crippen molar-refractivity contribution >= 4 is 50.7 Å². The second-order valence-corrected chi connectivity index (χ2v) is 14.7. The number of benzene rings is 4. The van der Waals surface area contributed by atoms with E-state index in [2.05, 4.69) is 5.32 Å². The molecule has 0 bridgehead atoms. The fraction of sp³-hybridized carbons (Fsp3) is 0.316. The number of nitrogens with one attached hydrogen (secondary N) is 1. The summed E-state index contributed by atoms with van der Waals surface area (Å²) in [5.41, 5.74) is 1.41. The lowest BCUT2D eigenvalue weighted by molar-refractivity contribution is -0.140. The van der Waals surface area contributed by atoms with Gasteiger partial charge in [-0.25, -0.2) is 8.42 Å². The summed E-state index contributed by atoms with van der Waals surface area (Å²) >= 11 is 13.2. The summed E-state index contributed by atoms with van der Waals surface area (Å²) in [5, 5.41) is 3.55. The number of anilines is 1. The molecule has 0 aliphatic rings. The largest absolute Gasteiger partial charge is 0.494 e. The van der Waals surface area contributed by atoms with E-state index in [-0.39, 0.29) is 35.2 Å². The number of ether oxygens (including phenoxy) is 3. The number of hydrogen-bond acceptors (Lipinski definition) is 7. The maximum atomic E-state index is 14.8. The predicted octanol–water partition coefficient (Wildman–Crippen LogP) is 7.02. The molecule has 2 amide bonds. The highest BCUT2D eigenvalue weighted by Crippen LogP contribution is 2.33. The van der Waals surface area contributed by atoms with Crippen LogP contribution < -0.4 is 23.8 Å². The summed E-state index contributed by atoms with van der Waals surface area (Å²) in [6.45, 7) is 5.70. The van der Waals surface area contributed by atoms with E-state index in [1.807, 2.05) is 51.1 Å². The normalized spacial score (nSPS) is 11.8. The van der Waals surface area contributed by atoms with Crippen molar-refractivity contribution in [2.45, 2.75) is 44.7 Å². The molecule has 0 radical (unpaired) electrons. The molecule has 0 heterocycles. The Morgan fingerprint density at radius 2 is 1.49 bits per heavy atom. The summed E-state index contributed by atoms with van der Waals surface area (Å²) in [7, 11) is -1.58. The van der Waals surface area contributed by atoms with Crippen LogP contribution in [0.4, 0.5) is 5.69 Å². The van der Waals surface area contributed by atoms with Crippen molar-refractivity contribution in [3.8, 4) is 17.2 Å². The molecule has 13 heteroatoms. The van der Waals surface area contributed by atoms with E-state index < -0.39 is 34.4 Å². The van der Waals surface area contributed by atoms with Gasteiger partial charge in [0.2, 0.25) is 11.8 Å². The van der Waals surface area contributed by atoms with Crippen LogP contribution in [0.1, 0.15) is 31.9 Å². The first-order valence-corrected chi connectivity index (χ1v) is 18.6. The van der Waals surface area contributed by atoms with Crippen LogP contribution in [-0.4, -0.2) is 65.1 Å². The fourth-order valence-electron chi connectivity index (χ4n) is 5.34. The zero-order chi connectivity index (χ0) is 37.1. The van der Waals surface area contributed by atoms with Gasteiger partial charge in [0, 0.05) is 41.2 Å². The van der Waals surface area contributed by atoms with Gasteiger partial charge in [-0.2, -0.15) is 0 Å². The van der Waals surface area contributed by atoms with E-state index >= 15 is 0 Å². The minimum absolute atomic E-state index is 0.135. The quantitative estimate of drug-likeness (QED) is 0.123. The monoisotopic (exact) mass is 755 g/mol. The van der Waals surface area contributed by atoms with Gasteiger partial charge in [0.05, 0.1) is 31.4 Å². The highest BCUT2D eigenvalue weighted by Gasteiger charge is 2.35. The molecule has 1 atom stereocenters. The minimum Gasteiger partial charge on any atom is -0.494 e. The van der Waals surface area contributed by atoms with Crippen LogP contribution in [-0.2, 0) is 32.6 Å². The summed E-state index contributed by atoms with van der Waals surface area (Å²) in [4.78, 5) is 30.0. The first kappa shape index (κ1) is 39.3. The second kappa shape index (κ2) is 18.2. The van der Waals surface area contributed by atoms with Gasteiger partial charge in [-0.3, -0.25) is 13.9 Å². The number of sulfonamides is 1. The van der Waals surface area contributed by atoms with Crippen LogP contribution in [0.15, 0.2) is 95.9 Å². The maximum Gasteiger partial charge on any atom is 0.264 e. The van der Waals surface area contributed by atoms with Gasteiger partial charge in [-0.15, -0.1) is 0 Å². The standard InChI is InChI=1S/C38H43Cl2N3O7S/c1-6-50-29-17-15-28(16-18-29)43(51(46,47)30-19-20-35(48-4)36(22-30)49-5)25-37(44)42(24-31-32(39)13-10-14-33(31)40)34(38(45)41-23-26(2)3)21-27-11-8-7-9-12-27/h7-20,22,26,34H,6,21,23-25H2,1-5H3,(H,41,45)/t34-/m1/s1. The van der Waals surface area contributed by atoms with Crippen molar-refractivity contribution in [3.05, 3.63) is 112 Å². The van der Waals surface area contributed by atoms with Crippen molar-refractivity contribution in [3.63, 3.8) is 0 Å². The van der Waals surface area contributed by atoms with Crippen molar-refractivity contribution in [2.75, 3.05) is 38.2 Å². The van der Waals surface area contributed by atoms with Crippen LogP contribution in [0.2, 0.25) is 10.0 Å². The number of carbonyl (C=O) groups excluding carboxylic acids is 2. The average molecular weight is 757 g/mol. The van der Waals surface area contributed by atoms with Crippen LogP contribution in [0, 0.1) is 5.92 Å². The van der Waals surface area contributed by atoms with Crippen molar-refractivity contribution in [1.82, 2.24) is 10.2 Å². The van der Waals surface area contributed by atoms with Crippen LogP contribution >= 0.6 is 23.2 Å². The van der Waals surface area contributed by atoms with Crippen molar-refractivity contribution < 1.29 is 32.2 Å². The van der Waals surface area contributed by atoms with E-state index in [0.717, 1.165) is 9.87 Å². The van der Waals surface area contributed by atoms with E-state index in [4.69, 9.17) is 37.4 Å². The molecule has 10 nitrogen and oxygen atoms in total. The third-order valence-corrected chi connectivity index (χ3v) is 10.5. The molecule has 0 unspecified atom stereocenters. The number of halogens is 2.